The number of hydrogen-bond donors (Lipinski definition) is 0. The van der Waals surface area contributed by atoms with Crippen LogP contribution in [0.2, 0.25) is 5.02 Å². The van der Waals surface area contributed by atoms with Crippen molar-refractivity contribution in [1.29, 1.82) is 0 Å². The van der Waals surface area contributed by atoms with E-state index in [4.69, 9.17) is 16.3 Å². The van der Waals surface area contributed by atoms with Crippen LogP contribution in [-0.2, 0) is 13.2 Å². The molecule has 5 aromatic rings. The third kappa shape index (κ3) is 5.27. The summed E-state index contributed by atoms with van der Waals surface area (Å²) < 4.78 is 5.99. The van der Waals surface area contributed by atoms with Gasteiger partial charge in [0.15, 0.2) is 0 Å². The van der Waals surface area contributed by atoms with Crippen LogP contribution in [0, 0.1) is 0 Å². The molecule has 0 aliphatic rings. The average Bonchev–Trinajstić information content (AvgIpc) is 3.37. The number of para-hydroxylation sites is 1. The molecule has 0 saturated heterocycles. The summed E-state index contributed by atoms with van der Waals surface area (Å²) in [4.78, 5) is 6.33. The SMILES string of the molecule is Clc1ccc(C=C(Cn2nccn2)c2ccc(OCc3ccc4ccccc4n3)cc2)cc1. The van der Waals surface area contributed by atoms with Crippen LogP contribution >= 0.6 is 11.6 Å². The Hall–Kier alpha value is -3.96. The first kappa shape index (κ1) is 20.9. The molecule has 3 aromatic carbocycles. The van der Waals surface area contributed by atoms with Crippen LogP contribution in [0.4, 0.5) is 0 Å². The van der Waals surface area contributed by atoms with Crippen molar-refractivity contribution in [3.63, 3.8) is 0 Å². The third-order valence-corrected chi connectivity index (χ3v) is 5.51. The van der Waals surface area contributed by atoms with Crippen LogP contribution in [0.3, 0.4) is 0 Å². The first-order valence-electron chi connectivity index (χ1n) is 10.6. The molecular formula is C27H21ClN4O. The summed E-state index contributed by atoms with van der Waals surface area (Å²) in [6.07, 6.45) is 5.48. The Labute approximate surface area is 196 Å². The van der Waals surface area contributed by atoms with Gasteiger partial charge in [-0.1, -0.05) is 60.1 Å². The smallest absolute Gasteiger partial charge is 0.130 e. The molecule has 2 aromatic heterocycles. The zero-order valence-corrected chi connectivity index (χ0v) is 18.6. The minimum Gasteiger partial charge on any atom is -0.487 e. The number of nitrogens with zero attached hydrogens (tertiary/aromatic N) is 4. The Morgan fingerprint density at radius 1 is 0.848 bits per heavy atom. The van der Waals surface area contributed by atoms with Gasteiger partial charge in [-0.15, -0.1) is 0 Å². The van der Waals surface area contributed by atoms with Gasteiger partial charge in [0.05, 0.1) is 30.1 Å². The van der Waals surface area contributed by atoms with Crippen molar-refractivity contribution in [1.82, 2.24) is 20.0 Å². The molecule has 6 heteroatoms. The molecule has 2 heterocycles. The van der Waals surface area contributed by atoms with Crippen molar-refractivity contribution in [3.8, 4) is 5.75 Å². The van der Waals surface area contributed by atoms with Gasteiger partial charge in [-0.2, -0.15) is 15.0 Å². The van der Waals surface area contributed by atoms with Crippen molar-refractivity contribution >= 4 is 34.2 Å². The van der Waals surface area contributed by atoms with E-state index in [-0.39, 0.29) is 0 Å². The number of pyridine rings is 1. The van der Waals surface area contributed by atoms with E-state index in [1.807, 2.05) is 60.7 Å². The number of halogens is 1. The molecule has 0 bridgehead atoms. The summed E-state index contributed by atoms with van der Waals surface area (Å²) in [5.41, 5.74) is 5.07. The van der Waals surface area contributed by atoms with Crippen LogP contribution in [0.15, 0.2) is 97.3 Å². The molecular weight excluding hydrogens is 432 g/mol. The second kappa shape index (κ2) is 9.67. The van der Waals surface area contributed by atoms with Crippen LogP contribution in [-0.4, -0.2) is 20.0 Å². The summed E-state index contributed by atoms with van der Waals surface area (Å²) in [6, 6.07) is 27.9. The molecule has 0 unspecified atom stereocenters. The van der Waals surface area contributed by atoms with Crippen LogP contribution in [0.1, 0.15) is 16.8 Å². The monoisotopic (exact) mass is 452 g/mol. The van der Waals surface area contributed by atoms with Gasteiger partial charge in [-0.25, -0.2) is 4.98 Å². The Bertz CT molecular complexity index is 1380. The maximum Gasteiger partial charge on any atom is 0.130 e. The normalized spacial score (nSPS) is 11.6. The Morgan fingerprint density at radius 2 is 1.61 bits per heavy atom. The average molecular weight is 453 g/mol. The van der Waals surface area contributed by atoms with Gasteiger partial charge >= 0.3 is 0 Å². The number of allylic oxidation sites excluding steroid dienone is 1. The fraction of sp³-hybridized carbons (Fsp3) is 0.0741. The van der Waals surface area contributed by atoms with Gasteiger partial charge in [0, 0.05) is 10.4 Å². The lowest BCUT2D eigenvalue weighted by molar-refractivity contribution is 0.302. The van der Waals surface area contributed by atoms with Gasteiger partial charge in [0.1, 0.15) is 12.4 Å². The molecule has 0 saturated carbocycles. The number of benzene rings is 3. The third-order valence-electron chi connectivity index (χ3n) is 5.26. The minimum absolute atomic E-state index is 0.412. The van der Waals surface area contributed by atoms with E-state index >= 15 is 0 Å². The molecule has 162 valence electrons. The highest BCUT2D eigenvalue weighted by atomic mass is 35.5. The summed E-state index contributed by atoms with van der Waals surface area (Å²) in [6.45, 7) is 0.964. The number of hydrogen-bond acceptors (Lipinski definition) is 4. The predicted octanol–water partition coefficient (Wildman–Crippen LogP) is 6.30. The molecule has 0 atom stereocenters. The highest BCUT2D eigenvalue weighted by Crippen LogP contribution is 2.24. The highest BCUT2D eigenvalue weighted by molar-refractivity contribution is 6.30. The van der Waals surface area contributed by atoms with Crippen molar-refractivity contribution in [2.45, 2.75) is 13.2 Å². The second-order valence-electron chi connectivity index (χ2n) is 7.59. The molecule has 33 heavy (non-hydrogen) atoms. The lowest BCUT2D eigenvalue weighted by Gasteiger charge is -2.11. The zero-order valence-electron chi connectivity index (χ0n) is 17.8. The summed E-state index contributed by atoms with van der Waals surface area (Å²) in [7, 11) is 0. The maximum atomic E-state index is 6.04. The number of fused-ring (bicyclic) bond motifs is 1. The van der Waals surface area contributed by atoms with Gasteiger partial charge in [-0.3, -0.25) is 0 Å². The van der Waals surface area contributed by atoms with E-state index in [1.54, 1.807) is 17.2 Å². The van der Waals surface area contributed by atoms with Gasteiger partial charge in [-0.05, 0) is 59.2 Å². The molecule has 5 nitrogen and oxygen atoms in total. The minimum atomic E-state index is 0.412. The predicted molar refractivity (Wildman–Crippen MR) is 132 cm³/mol. The second-order valence-corrected chi connectivity index (χ2v) is 8.03. The maximum absolute atomic E-state index is 6.04. The van der Waals surface area contributed by atoms with E-state index in [1.165, 1.54) is 0 Å². The van der Waals surface area contributed by atoms with Crippen molar-refractivity contribution in [2.24, 2.45) is 0 Å². The molecule has 0 N–H and O–H groups in total. The Balaban J connectivity index is 1.34. The van der Waals surface area contributed by atoms with Gasteiger partial charge < -0.3 is 4.74 Å². The van der Waals surface area contributed by atoms with E-state index in [0.717, 1.165) is 39.0 Å². The fourth-order valence-corrected chi connectivity index (χ4v) is 3.69. The van der Waals surface area contributed by atoms with E-state index in [2.05, 4.69) is 45.5 Å². The number of aromatic nitrogens is 4. The molecule has 0 aliphatic heterocycles. The highest BCUT2D eigenvalue weighted by Gasteiger charge is 2.07. The number of ether oxygens (including phenoxy) is 1. The van der Waals surface area contributed by atoms with Gasteiger partial charge in [0.2, 0.25) is 0 Å². The van der Waals surface area contributed by atoms with Crippen molar-refractivity contribution in [2.75, 3.05) is 0 Å². The molecule has 0 fully saturated rings. The topological polar surface area (TPSA) is 52.8 Å². The Morgan fingerprint density at radius 3 is 2.39 bits per heavy atom. The first-order chi connectivity index (χ1) is 16.2. The molecule has 0 amide bonds. The van der Waals surface area contributed by atoms with E-state index < -0.39 is 0 Å². The lowest BCUT2D eigenvalue weighted by atomic mass is 10.0. The first-order valence-corrected chi connectivity index (χ1v) is 11.0. The lowest BCUT2D eigenvalue weighted by Crippen LogP contribution is -2.04. The summed E-state index contributed by atoms with van der Waals surface area (Å²) in [5.74, 6) is 0.789. The standard InChI is InChI=1S/C27H21ClN4O/c28-24-10-5-20(6-11-24)17-23(18-32-29-15-16-30-32)21-8-13-26(14-9-21)33-19-25-12-7-22-3-1-2-4-27(22)31-25/h1-17H,18-19H2. The van der Waals surface area contributed by atoms with Gasteiger partial charge in [0.25, 0.3) is 0 Å². The summed E-state index contributed by atoms with van der Waals surface area (Å²) in [5, 5.41) is 10.3. The zero-order chi connectivity index (χ0) is 22.5. The molecule has 0 spiro atoms. The van der Waals surface area contributed by atoms with Crippen molar-refractivity contribution in [3.05, 3.63) is 119 Å². The van der Waals surface area contributed by atoms with Crippen LogP contribution in [0.25, 0.3) is 22.6 Å². The van der Waals surface area contributed by atoms with E-state index in [9.17, 15) is 0 Å². The number of rotatable bonds is 7. The fourth-order valence-electron chi connectivity index (χ4n) is 3.57. The van der Waals surface area contributed by atoms with E-state index in [0.29, 0.717) is 18.2 Å². The molecule has 0 radical (unpaired) electrons. The largest absolute Gasteiger partial charge is 0.487 e. The Kier molecular flexibility index (Phi) is 6.13. The quantitative estimate of drug-likeness (QED) is 0.272. The van der Waals surface area contributed by atoms with Crippen LogP contribution in [0.5, 0.6) is 5.75 Å². The summed E-state index contributed by atoms with van der Waals surface area (Å²) >= 11 is 6.04. The molecule has 5 rings (SSSR count). The molecule has 0 aliphatic carbocycles. The van der Waals surface area contributed by atoms with Crippen LogP contribution < -0.4 is 4.74 Å². The van der Waals surface area contributed by atoms with Crippen molar-refractivity contribution < 1.29 is 4.74 Å².